The summed E-state index contributed by atoms with van der Waals surface area (Å²) in [4.78, 5) is 0.213. The van der Waals surface area contributed by atoms with Gasteiger partial charge in [-0.2, -0.15) is 0 Å². The van der Waals surface area contributed by atoms with E-state index in [1.807, 2.05) is 37.3 Å². The van der Waals surface area contributed by atoms with Crippen molar-refractivity contribution in [2.45, 2.75) is 36.8 Å². The Morgan fingerprint density at radius 3 is 2.68 bits per heavy atom. The van der Waals surface area contributed by atoms with E-state index in [2.05, 4.69) is 10.0 Å². The second kappa shape index (κ2) is 9.67. The van der Waals surface area contributed by atoms with Gasteiger partial charge in [0.1, 0.15) is 9.92 Å². The van der Waals surface area contributed by atoms with E-state index in [-0.39, 0.29) is 10.6 Å². The molecule has 10 heteroatoms. The van der Waals surface area contributed by atoms with Gasteiger partial charge >= 0.3 is 0 Å². The first-order valence-electron chi connectivity index (χ1n) is 10.6. The molecule has 4 rings (SSSR count). The van der Waals surface area contributed by atoms with Crippen molar-refractivity contribution >= 4 is 21.7 Å². The van der Waals surface area contributed by atoms with E-state index < -0.39 is 39.9 Å². The predicted octanol–water partition coefficient (Wildman–Crippen LogP) is 4.32. The molecule has 0 spiro atoms. The fourth-order valence-electron chi connectivity index (χ4n) is 3.83. The quantitative estimate of drug-likeness (QED) is 0.372. The highest BCUT2D eigenvalue weighted by molar-refractivity contribution is 7.90. The second-order valence-electron chi connectivity index (χ2n) is 8.14. The smallest absolute Gasteiger partial charge is 0.166 e. The number of hydrogen-bond acceptors (Lipinski definition) is 5. The first-order chi connectivity index (χ1) is 16.2. The lowest BCUT2D eigenvalue weighted by molar-refractivity contribution is 0.0425. The van der Waals surface area contributed by atoms with E-state index in [1.54, 1.807) is 23.8 Å². The first-order valence-corrected chi connectivity index (χ1v) is 12.2. The van der Waals surface area contributed by atoms with E-state index >= 15 is 0 Å². The number of nitrogens with zero attached hydrogens (tertiary/aromatic N) is 1. The molecule has 0 bridgehead atoms. The number of ether oxygens (including phenoxy) is 1. The van der Waals surface area contributed by atoms with Crippen molar-refractivity contribution in [2.75, 3.05) is 5.32 Å². The lowest BCUT2D eigenvalue weighted by atomic mass is 10.1. The third kappa shape index (κ3) is 5.05. The van der Waals surface area contributed by atoms with Crippen LogP contribution in [0.2, 0.25) is 0 Å². The zero-order chi connectivity index (χ0) is 24.5. The minimum absolute atomic E-state index is 0.171. The van der Waals surface area contributed by atoms with E-state index in [4.69, 9.17) is 9.52 Å². The fourth-order valence-corrected chi connectivity index (χ4v) is 5.40. The molecule has 2 unspecified atom stereocenters. The Hall–Kier alpha value is -3.05. The van der Waals surface area contributed by atoms with Crippen LogP contribution in [-0.2, 0) is 28.3 Å². The molecule has 1 aliphatic heterocycles. The van der Waals surface area contributed by atoms with Crippen LogP contribution in [0.1, 0.15) is 30.0 Å². The number of aryl methyl sites for hydroxylation is 1. The molecule has 0 aliphatic carbocycles. The second-order valence-corrected chi connectivity index (χ2v) is 9.93. The van der Waals surface area contributed by atoms with Gasteiger partial charge in [0, 0.05) is 30.6 Å². The van der Waals surface area contributed by atoms with Gasteiger partial charge in [-0.3, -0.25) is 0 Å². The molecule has 7 nitrogen and oxygen atoms in total. The van der Waals surface area contributed by atoms with Gasteiger partial charge in [0.25, 0.3) is 0 Å². The average Bonchev–Trinajstić information content (AvgIpc) is 3.09. The normalized spacial score (nSPS) is 21.5. The number of aliphatic hydroxyl groups is 1. The molecular weight excluding hydrogens is 462 g/mol. The maximum atomic E-state index is 13.6. The summed E-state index contributed by atoms with van der Waals surface area (Å²) in [7, 11) is -1.79. The Bertz CT molecular complexity index is 1310. The van der Waals surface area contributed by atoms with Gasteiger partial charge in [0.2, 0.25) is 0 Å². The minimum Gasteiger partial charge on any atom is -0.372 e. The van der Waals surface area contributed by atoms with Gasteiger partial charge in [-0.05, 0) is 24.6 Å². The summed E-state index contributed by atoms with van der Waals surface area (Å²) in [6.45, 7) is 2.19. The Labute approximate surface area is 197 Å². The number of benzene rings is 2. The van der Waals surface area contributed by atoms with Crippen molar-refractivity contribution in [1.82, 2.24) is 9.29 Å². The van der Waals surface area contributed by atoms with Crippen LogP contribution < -0.4 is 10.0 Å². The zero-order valence-corrected chi connectivity index (χ0v) is 19.5. The Morgan fingerprint density at radius 1 is 1.24 bits per heavy atom. The maximum absolute atomic E-state index is 13.6. The predicted molar refractivity (Wildman–Crippen MR) is 126 cm³/mol. The maximum Gasteiger partial charge on any atom is 0.166 e. The van der Waals surface area contributed by atoms with E-state index in [9.17, 15) is 18.1 Å². The van der Waals surface area contributed by atoms with Gasteiger partial charge in [0.05, 0.1) is 29.3 Å². The number of nitrogens with one attached hydrogen (secondary N) is 3. The molecule has 2 aromatic carbocycles. The highest BCUT2D eigenvalue weighted by Crippen LogP contribution is 2.32. The number of aliphatic hydroxyl groups excluding tert-OH is 1. The van der Waals surface area contributed by atoms with Gasteiger partial charge in [-0.1, -0.05) is 42.5 Å². The average molecular weight is 489 g/mol. The van der Waals surface area contributed by atoms with Crippen LogP contribution in [-0.4, -0.2) is 26.0 Å². The summed E-state index contributed by atoms with van der Waals surface area (Å²) in [5.74, 6) is -2.04. The van der Waals surface area contributed by atoms with E-state index in [0.717, 1.165) is 17.7 Å². The van der Waals surface area contributed by atoms with Crippen LogP contribution in [0, 0.1) is 16.4 Å². The van der Waals surface area contributed by atoms with Crippen molar-refractivity contribution in [3.05, 3.63) is 89.3 Å². The Balaban J connectivity index is 1.58. The van der Waals surface area contributed by atoms with Crippen LogP contribution in [0.3, 0.4) is 0 Å². The summed E-state index contributed by atoms with van der Waals surface area (Å²) < 4.78 is 59.0. The molecule has 1 aromatic heterocycles. The van der Waals surface area contributed by atoms with Crippen LogP contribution in [0.15, 0.2) is 65.7 Å². The largest absolute Gasteiger partial charge is 0.372 e. The lowest BCUT2D eigenvalue weighted by Gasteiger charge is -2.22. The Morgan fingerprint density at radius 2 is 1.97 bits per heavy atom. The molecular formula is C24H26F2N4O3S. The van der Waals surface area contributed by atoms with Crippen LogP contribution in [0.5, 0.6) is 0 Å². The number of hydrogen-bond donors (Lipinski definition) is 4. The summed E-state index contributed by atoms with van der Waals surface area (Å²) >= 11 is 0. The number of aromatic nitrogens is 1. The molecule has 34 heavy (non-hydrogen) atoms. The minimum atomic E-state index is -3.44. The highest BCUT2D eigenvalue weighted by atomic mass is 32.2. The molecule has 0 radical (unpaired) electrons. The molecule has 0 saturated carbocycles. The first kappa shape index (κ1) is 24.1. The molecule has 4 N–H and O–H groups in total. The fraction of sp³-hybridized carbons (Fsp3) is 0.250. The summed E-state index contributed by atoms with van der Waals surface area (Å²) in [6.07, 6.45) is 3.24. The molecule has 0 amide bonds. The van der Waals surface area contributed by atoms with Crippen molar-refractivity contribution in [1.29, 1.82) is 4.78 Å². The molecule has 0 fully saturated rings. The summed E-state index contributed by atoms with van der Waals surface area (Å²) in [5, 5.41) is 13.5. The van der Waals surface area contributed by atoms with Crippen LogP contribution >= 0.6 is 0 Å². The number of anilines is 1. The lowest BCUT2D eigenvalue weighted by Crippen LogP contribution is -2.40. The number of fused-ring (bicyclic) bond motifs is 1. The molecule has 1 aliphatic rings. The number of rotatable bonds is 7. The molecule has 0 saturated heterocycles. The van der Waals surface area contributed by atoms with E-state index in [0.29, 0.717) is 17.9 Å². The summed E-state index contributed by atoms with van der Waals surface area (Å²) in [6, 6.07) is 12.3. The highest BCUT2D eigenvalue weighted by Gasteiger charge is 2.30. The molecule has 3 aromatic rings. The van der Waals surface area contributed by atoms with E-state index in [1.165, 1.54) is 12.3 Å². The van der Waals surface area contributed by atoms with Crippen molar-refractivity contribution in [3.8, 4) is 0 Å². The van der Waals surface area contributed by atoms with Gasteiger partial charge in [-0.15, -0.1) is 0 Å². The summed E-state index contributed by atoms with van der Waals surface area (Å²) in [5.41, 5.74) is 1.91. The van der Waals surface area contributed by atoms with Crippen molar-refractivity contribution in [3.63, 3.8) is 0 Å². The third-order valence-corrected chi connectivity index (χ3v) is 7.21. The van der Waals surface area contributed by atoms with Gasteiger partial charge < -0.3 is 19.7 Å². The van der Waals surface area contributed by atoms with Crippen molar-refractivity contribution < 1.29 is 22.8 Å². The standard InChI is InChI=1S/C24H26F2N4O3S/c1-15(33-14-16-6-4-3-5-7-16)21-11-9-18-22(34(27,32)29-21)13-30(2)23(18)24(31)28-17-8-10-19(25)20(26)12-17/h3-13,15,21,24,28,31H,14H2,1-2H3,(H2,27,29,32)/t15-,21-,24?,34?/m1/s1. The molecule has 4 atom stereocenters. The number of halogens is 2. The SMILES string of the molecule is C[C@@H](OCc1ccccc1)[C@H]1C=Cc2c(cn(C)c2C(O)Nc2ccc(F)c(F)c2)S(=N)(=O)N1. The Kier molecular flexibility index (Phi) is 6.85. The van der Waals surface area contributed by atoms with Crippen LogP contribution in [0.25, 0.3) is 6.08 Å². The van der Waals surface area contributed by atoms with Crippen LogP contribution in [0.4, 0.5) is 14.5 Å². The molecule has 180 valence electrons. The molecule has 2 heterocycles. The van der Waals surface area contributed by atoms with Gasteiger partial charge in [0.15, 0.2) is 17.9 Å². The van der Waals surface area contributed by atoms with Crippen molar-refractivity contribution in [2.24, 2.45) is 7.05 Å². The third-order valence-electron chi connectivity index (χ3n) is 5.66. The zero-order valence-electron chi connectivity index (χ0n) is 18.7. The monoisotopic (exact) mass is 488 g/mol. The van der Waals surface area contributed by atoms with Gasteiger partial charge in [-0.25, -0.2) is 22.5 Å². The topological polar surface area (TPSA) is 99.4 Å².